The monoisotopic (exact) mass is 239 g/mol. The van der Waals surface area contributed by atoms with Crippen LogP contribution in [-0.2, 0) is 16.3 Å². The second kappa shape index (κ2) is 4.09. The van der Waals surface area contributed by atoms with Crippen molar-refractivity contribution >= 4 is 15.5 Å². The van der Waals surface area contributed by atoms with Crippen molar-refractivity contribution in [1.82, 2.24) is 0 Å². The molecule has 88 valence electrons. The molecule has 1 aromatic rings. The molecule has 1 aliphatic heterocycles. The Morgan fingerprint density at radius 3 is 2.69 bits per heavy atom. The third-order valence-corrected chi connectivity index (χ3v) is 5.30. The van der Waals surface area contributed by atoms with Crippen LogP contribution in [0.25, 0.3) is 0 Å². The Morgan fingerprint density at radius 1 is 1.38 bits per heavy atom. The molecule has 0 spiro atoms. The first-order valence-corrected chi connectivity index (χ1v) is 7.26. The Hall–Kier alpha value is -1.03. The maximum atomic E-state index is 11.8. The van der Waals surface area contributed by atoms with E-state index >= 15 is 0 Å². The van der Waals surface area contributed by atoms with Crippen LogP contribution in [0.3, 0.4) is 0 Å². The van der Waals surface area contributed by atoms with Gasteiger partial charge in [0.1, 0.15) is 0 Å². The van der Waals surface area contributed by atoms with Gasteiger partial charge in [-0.15, -0.1) is 0 Å². The average molecular weight is 239 g/mol. The summed E-state index contributed by atoms with van der Waals surface area (Å²) in [5, 5.41) is 2.97. The van der Waals surface area contributed by atoms with E-state index in [0.29, 0.717) is 0 Å². The lowest BCUT2D eigenvalue weighted by atomic mass is 10.1. The zero-order chi connectivity index (χ0) is 11.8. The Balaban J connectivity index is 2.08. The predicted molar refractivity (Wildman–Crippen MR) is 66.5 cm³/mol. The largest absolute Gasteiger partial charge is 0.381 e. The SMILES string of the molecule is CC(C)S(=O)(=O)CC1Cc2ccccc2N1. The molecule has 0 bridgehead atoms. The molecule has 0 saturated heterocycles. The second-order valence-corrected chi connectivity index (χ2v) is 7.18. The fraction of sp³-hybridized carbons (Fsp3) is 0.500. The van der Waals surface area contributed by atoms with Crippen LogP contribution in [0.5, 0.6) is 0 Å². The number of rotatable bonds is 3. The molecule has 4 heteroatoms. The van der Waals surface area contributed by atoms with Crippen molar-refractivity contribution in [3.05, 3.63) is 29.8 Å². The van der Waals surface area contributed by atoms with Crippen LogP contribution in [0.1, 0.15) is 19.4 Å². The van der Waals surface area contributed by atoms with E-state index < -0.39 is 9.84 Å². The molecule has 0 aromatic heterocycles. The number of hydrogen-bond donors (Lipinski definition) is 1. The summed E-state index contributed by atoms with van der Waals surface area (Å²) in [4.78, 5) is 0. The molecule has 16 heavy (non-hydrogen) atoms. The van der Waals surface area contributed by atoms with E-state index in [1.54, 1.807) is 13.8 Å². The predicted octanol–water partition coefficient (Wildman–Crippen LogP) is 1.85. The number of para-hydroxylation sites is 1. The molecule has 1 N–H and O–H groups in total. The van der Waals surface area contributed by atoms with Crippen LogP contribution in [-0.4, -0.2) is 25.5 Å². The summed E-state index contributed by atoms with van der Waals surface area (Å²) in [6.45, 7) is 3.47. The lowest BCUT2D eigenvalue weighted by molar-refractivity contribution is 0.582. The van der Waals surface area contributed by atoms with Gasteiger partial charge in [0.15, 0.2) is 9.84 Å². The van der Waals surface area contributed by atoms with Crippen molar-refractivity contribution in [1.29, 1.82) is 0 Å². The van der Waals surface area contributed by atoms with E-state index in [1.807, 2.05) is 24.3 Å². The summed E-state index contributed by atoms with van der Waals surface area (Å²) in [5.41, 5.74) is 2.29. The Bertz CT molecular complexity index is 455. The quantitative estimate of drug-likeness (QED) is 0.875. The summed E-state index contributed by atoms with van der Waals surface area (Å²) in [6, 6.07) is 8.02. The van der Waals surface area contributed by atoms with E-state index in [1.165, 1.54) is 5.56 Å². The molecule has 1 aliphatic rings. The van der Waals surface area contributed by atoms with Gasteiger partial charge < -0.3 is 5.32 Å². The highest BCUT2D eigenvalue weighted by Gasteiger charge is 2.27. The Morgan fingerprint density at radius 2 is 2.06 bits per heavy atom. The normalized spacial score (nSPS) is 19.6. The zero-order valence-corrected chi connectivity index (χ0v) is 10.4. The van der Waals surface area contributed by atoms with Crippen molar-refractivity contribution < 1.29 is 8.42 Å². The summed E-state index contributed by atoms with van der Waals surface area (Å²) in [5.74, 6) is 0.222. The van der Waals surface area contributed by atoms with Crippen LogP contribution >= 0.6 is 0 Å². The van der Waals surface area contributed by atoms with Gasteiger partial charge >= 0.3 is 0 Å². The van der Waals surface area contributed by atoms with Crippen LogP contribution < -0.4 is 5.32 Å². The number of sulfone groups is 1. The van der Waals surface area contributed by atoms with Crippen LogP contribution in [0, 0.1) is 0 Å². The van der Waals surface area contributed by atoms with Gasteiger partial charge in [0, 0.05) is 11.7 Å². The maximum absolute atomic E-state index is 11.8. The molecular formula is C12H17NO2S. The molecule has 0 aliphatic carbocycles. The molecule has 0 saturated carbocycles. The summed E-state index contributed by atoms with van der Waals surface area (Å²) >= 11 is 0. The third kappa shape index (κ3) is 2.21. The van der Waals surface area contributed by atoms with Crippen LogP contribution in [0.15, 0.2) is 24.3 Å². The second-order valence-electron chi connectivity index (χ2n) is 4.58. The Labute approximate surface area is 96.8 Å². The lowest BCUT2D eigenvalue weighted by Gasteiger charge is -2.13. The number of nitrogens with one attached hydrogen (secondary N) is 1. The molecule has 1 aromatic carbocycles. The van der Waals surface area contributed by atoms with Crippen molar-refractivity contribution in [2.45, 2.75) is 31.6 Å². The standard InChI is InChI=1S/C12H17NO2S/c1-9(2)16(14,15)8-11-7-10-5-3-4-6-12(10)13-11/h3-6,9,11,13H,7-8H2,1-2H3. The van der Waals surface area contributed by atoms with Crippen LogP contribution in [0.4, 0.5) is 5.69 Å². The molecule has 1 unspecified atom stereocenters. The molecule has 0 fully saturated rings. The van der Waals surface area contributed by atoms with E-state index in [9.17, 15) is 8.42 Å². The average Bonchev–Trinajstić information content (AvgIpc) is 2.58. The van der Waals surface area contributed by atoms with E-state index in [0.717, 1.165) is 12.1 Å². The van der Waals surface area contributed by atoms with Gasteiger partial charge in [-0.05, 0) is 31.9 Å². The first-order chi connectivity index (χ1) is 7.49. The van der Waals surface area contributed by atoms with E-state index in [4.69, 9.17) is 0 Å². The molecule has 2 rings (SSSR count). The van der Waals surface area contributed by atoms with E-state index in [-0.39, 0.29) is 17.0 Å². The van der Waals surface area contributed by atoms with Gasteiger partial charge in [0.25, 0.3) is 0 Å². The summed E-state index contributed by atoms with van der Waals surface area (Å²) in [6.07, 6.45) is 0.808. The van der Waals surface area contributed by atoms with Gasteiger partial charge in [-0.3, -0.25) is 0 Å². The first kappa shape index (κ1) is 11.5. The van der Waals surface area contributed by atoms with Gasteiger partial charge in [0.2, 0.25) is 0 Å². The van der Waals surface area contributed by atoms with Gasteiger partial charge in [-0.2, -0.15) is 0 Å². The minimum absolute atomic E-state index is 0.0322. The number of fused-ring (bicyclic) bond motifs is 1. The maximum Gasteiger partial charge on any atom is 0.154 e. The number of benzene rings is 1. The number of anilines is 1. The van der Waals surface area contributed by atoms with Gasteiger partial charge in [0.05, 0.1) is 11.0 Å². The molecule has 1 heterocycles. The highest BCUT2D eigenvalue weighted by molar-refractivity contribution is 7.92. The van der Waals surface area contributed by atoms with Crippen molar-refractivity contribution in [2.24, 2.45) is 0 Å². The molecule has 0 radical (unpaired) electrons. The Kier molecular flexibility index (Phi) is 2.93. The van der Waals surface area contributed by atoms with Crippen molar-refractivity contribution in [2.75, 3.05) is 11.1 Å². The minimum atomic E-state index is -2.96. The summed E-state index contributed by atoms with van der Waals surface area (Å²) < 4.78 is 23.6. The fourth-order valence-electron chi connectivity index (χ4n) is 1.95. The van der Waals surface area contributed by atoms with Crippen molar-refractivity contribution in [3.63, 3.8) is 0 Å². The highest BCUT2D eigenvalue weighted by atomic mass is 32.2. The fourth-order valence-corrected chi connectivity index (χ4v) is 3.10. The minimum Gasteiger partial charge on any atom is -0.381 e. The van der Waals surface area contributed by atoms with Crippen molar-refractivity contribution in [3.8, 4) is 0 Å². The zero-order valence-electron chi connectivity index (χ0n) is 9.60. The smallest absolute Gasteiger partial charge is 0.154 e. The lowest BCUT2D eigenvalue weighted by Crippen LogP contribution is -2.30. The molecule has 3 nitrogen and oxygen atoms in total. The van der Waals surface area contributed by atoms with E-state index in [2.05, 4.69) is 5.32 Å². The van der Waals surface area contributed by atoms with Gasteiger partial charge in [-0.25, -0.2) is 8.42 Å². The third-order valence-electron chi connectivity index (χ3n) is 3.00. The van der Waals surface area contributed by atoms with Gasteiger partial charge in [-0.1, -0.05) is 18.2 Å². The first-order valence-electron chi connectivity index (χ1n) is 5.55. The topological polar surface area (TPSA) is 46.2 Å². The molecular weight excluding hydrogens is 222 g/mol. The number of hydrogen-bond acceptors (Lipinski definition) is 3. The molecule has 0 amide bonds. The highest BCUT2D eigenvalue weighted by Crippen LogP contribution is 2.26. The summed E-state index contributed by atoms with van der Waals surface area (Å²) in [7, 11) is -2.96. The molecule has 1 atom stereocenters. The van der Waals surface area contributed by atoms with Crippen LogP contribution in [0.2, 0.25) is 0 Å².